The number of carboxylic acids is 1. The predicted octanol–water partition coefficient (Wildman–Crippen LogP) is -0.794. The van der Waals surface area contributed by atoms with Gasteiger partial charge >= 0.3 is 12.0 Å². The van der Waals surface area contributed by atoms with E-state index in [0.717, 1.165) is 0 Å². The molecule has 0 bridgehead atoms. The Balaban J connectivity index is 2.58. The maximum absolute atomic E-state index is 12.0. The lowest BCUT2D eigenvalue weighted by Gasteiger charge is -2.34. The smallest absolute Gasteiger partial charge is 0.334 e. The first-order chi connectivity index (χ1) is 8.10. The molecule has 2 N–H and O–H groups in total. The molecule has 98 valence electrons. The molecule has 0 aromatic carbocycles. The zero-order chi connectivity index (χ0) is 12.8. The molecule has 0 aromatic heterocycles. The zero-order valence-corrected chi connectivity index (χ0v) is 9.83. The van der Waals surface area contributed by atoms with Crippen LogP contribution in [0.1, 0.15) is 6.92 Å². The Labute approximate surface area is 99.6 Å². The van der Waals surface area contributed by atoms with Crippen LogP contribution in [0.5, 0.6) is 0 Å². The van der Waals surface area contributed by atoms with E-state index in [2.05, 4.69) is 0 Å². The van der Waals surface area contributed by atoms with Crippen molar-refractivity contribution in [3.05, 3.63) is 0 Å². The van der Waals surface area contributed by atoms with Crippen LogP contribution in [-0.2, 0) is 9.53 Å². The van der Waals surface area contributed by atoms with Crippen LogP contribution in [0.15, 0.2) is 0 Å². The Hall–Kier alpha value is -1.34. The maximum Gasteiger partial charge on any atom is 0.334 e. The number of aliphatic hydroxyl groups excluding tert-OH is 1. The number of amides is 2. The highest BCUT2D eigenvalue weighted by Gasteiger charge is 2.30. The average molecular weight is 246 g/mol. The molecule has 0 radical (unpaired) electrons. The molecule has 17 heavy (non-hydrogen) atoms. The van der Waals surface area contributed by atoms with Crippen molar-refractivity contribution in [2.45, 2.75) is 13.0 Å². The molecule has 1 aliphatic rings. The van der Waals surface area contributed by atoms with Crippen LogP contribution in [0.3, 0.4) is 0 Å². The highest BCUT2D eigenvalue weighted by Crippen LogP contribution is 2.08. The van der Waals surface area contributed by atoms with Gasteiger partial charge < -0.3 is 24.7 Å². The molecule has 0 saturated carbocycles. The van der Waals surface area contributed by atoms with E-state index in [4.69, 9.17) is 14.9 Å². The molecule has 7 heteroatoms. The molecular formula is C10H18N2O5. The number of aliphatic hydroxyl groups is 1. The highest BCUT2D eigenvalue weighted by atomic mass is 16.5. The lowest BCUT2D eigenvalue weighted by molar-refractivity contribution is -0.154. The minimum absolute atomic E-state index is 0.0517. The van der Waals surface area contributed by atoms with Crippen molar-refractivity contribution in [3.8, 4) is 0 Å². The molecule has 1 fully saturated rings. The van der Waals surface area contributed by atoms with Crippen LogP contribution >= 0.6 is 0 Å². The van der Waals surface area contributed by atoms with E-state index in [9.17, 15) is 9.59 Å². The highest BCUT2D eigenvalue weighted by molar-refractivity contribution is 5.77. The molecule has 0 aromatic rings. The van der Waals surface area contributed by atoms with Gasteiger partial charge in [-0.3, -0.25) is 0 Å². The van der Waals surface area contributed by atoms with E-state index >= 15 is 0 Å². The number of hydrogen-bond acceptors (Lipinski definition) is 4. The lowest BCUT2D eigenvalue weighted by atomic mass is 10.3. The first-order valence-electron chi connectivity index (χ1n) is 5.59. The largest absolute Gasteiger partial charge is 0.479 e. The van der Waals surface area contributed by atoms with E-state index in [1.807, 2.05) is 6.92 Å². The van der Waals surface area contributed by atoms with Gasteiger partial charge in [-0.2, -0.15) is 0 Å². The normalized spacial score (nSPS) is 20.1. The van der Waals surface area contributed by atoms with Crippen molar-refractivity contribution in [2.75, 3.05) is 39.4 Å². The number of aliphatic carboxylic acids is 1. The fourth-order valence-electron chi connectivity index (χ4n) is 1.68. The van der Waals surface area contributed by atoms with Gasteiger partial charge in [0.05, 0.1) is 19.8 Å². The quantitative estimate of drug-likeness (QED) is 0.678. The van der Waals surface area contributed by atoms with Gasteiger partial charge in [-0.15, -0.1) is 0 Å². The molecule has 1 heterocycles. The molecular weight excluding hydrogens is 228 g/mol. The van der Waals surface area contributed by atoms with Gasteiger partial charge in [0.25, 0.3) is 0 Å². The second-order valence-electron chi connectivity index (χ2n) is 3.73. The summed E-state index contributed by atoms with van der Waals surface area (Å²) in [4.78, 5) is 25.7. The van der Waals surface area contributed by atoms with Gasteiger partial charge in [0.1, 0.15) is 0 Å². The third-order valence-corrected chi connectivity index (χ3v) is 2.63. The number of carbonyl (C=O) groups is 2. The zero-order valence-electron chi connectivity index (χ0n) is 9.83. The van der Waals surface area contributed by atoms with Crippen molar-refractivity contribution < 1.29 is 24.5 Å². The average Bonchev–Trinajstić information content (AvgIpc) is 2.35. The first kappa shape index (κ1) is 13.7. The van der Waals surface area contributed by atoms with Crippen LogP contribution in [0, 0.1) is 0 Å². The molecule has 1 atom stereocenters. The van der Waals surface area contributed by atoms with Crippen LogP contribution in [0.2, 0.25) is 0 Å². The van der Waals surface area contributed by atoms with E-state index < -0.39 is 12.1 Å². The summed E-state index contributed by atoms with van der Waals surface area (Å²) in [6, 6.07) is -0.254. The number of carboxylic acid groups (broad SMARTS) is 1. The number of carbonyl (C=O) groups excluding carboxylic acids is 1. The Morgan fingerprint density at radius 3 is 2.76 bits per heavy atom. The summed E-state index contributed by atoms with van der Waals surface area (Å²) in [5, 5.41) is 17.6. The Morgan fingerprint density at radius 1 is 1.53 bits per heavy atom. The third-order valence-electron chi connectivity index (χ3n) is 2.63. The summed E-state index contributed by atoms with van der Waals surface area (Å²) in [5.41, 5.74) is 0. The fraction of sp³-hybridized carbons (Fsp3) is 0.800. The van der Waals surface area contributed by atoms with Gasteiger partial charge in [-0.05, 0) is 6.92 Å². The van der Waals surface area contributed by atoms with Crippen LogP contribution in [0.4, 0.5) is 4.79 Å². The summed E-state index contributed by atoms with van der Waals surface area (Å²) in [6.07, 6.45) is -0.958. The van der Waals surface area contributed by atoms with Gasteiger partial charge in [-0.1, -0.05) is 0 Å². The Kier molecular flexibility index (Phi) is 5.17. The van der Waals surface area contributed by atoms with Crippen molar-refractivity contribution in [3.63, 3.8) is 0 Å². The van der Waals surface area contributed by atoms with Crippen LogP contribution < -0.4 is 0 Å². The van der Waals surface area contributed by atoms with Crippen LogP contribution in [-0.4, -0.2) is 77.5 Å². The van der Waals surface area contributed by atoms with Gasteiger partial charge in [0.15, 0.2) is 6.10 Å². The molecule has 2 amide bonds. The Bertz CT molecular complexity index is 284. The lowest BCUT2D eigenvalue weighted by Crippen LogP contribution is -2.53. The number of likely N-dealkylation sites (N-methyl/N-ethyl adjacent to an activating group) is 1. The molecule has 1 rings (SSSR count). The van der Waals surface area contributed by atoms with E-state index in [0.29, 0.717) is 13.1 Å². The van der Waals surface area contributed by atoms with E-state index in [1.165, 1.54) is 9.80 Å². The summed E-state index contributed by atoms with van der Waals surface area (Å²) in [6.45, 7) is 3.09. The molecule has 1 unspecified atom stereocenters. The second-order valence-corrected chi connectivity index (χ2v) is 3.73. The standard InChI is InChI=1S/C10H18N2O5/c1-2-11(3-5-13)10(16)12-4-6-17-8(7-12)9(14)15/h8,13H,2-7H2,1H3,(H,14,15). The van der Waals surface area contributed by atoms with Gasteiger partial charge in [-0.25, -0.2) is 9.59 Å². The summed E-state index contributed by atoms with van der Waals surface area (Å²) < 4.78 is 5.03. The topological polar surface area (TPSA) is 90.3 Å². The van der Waals surface area contributed by atoms with Gasteiger partial charge in [0.2, 0.25) is 0 Å². The Morgan fingerprint density at radius 2 is 2.24 bits per heavy atom. The number of hydrogen-bond donors (Lipinski definition) is 2. The maximum atomic E-state index is 12.0. The van der Waals surface area contributed by atoms with E-state index in [-0.39, 0.29) is 32.3 Å². The number of morpholine rings is 1. The van der Waals surface area contributed by atoms with Crippen LogP contribution in [0.25, 0.3) is 0 Å². The molecule has 7 nitrogen and oxygen atoms in total. The first-order valence-corrected chi connectivity index (χ1v) is 5.59. The fourth-order valence-corrected chi connectivity index (χ4v) is 1.68. The SMILES string of the molecule is CCN(CCO)C(=O)N1CCOC(C(=O)O)C1. The molecule has 1 aliphatic heterocycles. The number of urea groups is 1. The minimum Gasteiger partial charge on any atom is -0.479 e. The number of rotatable bonds is 4. The van der Waals surface area contributed by atoms with Gasteiger partial charge in [0, 0.05) is 19.6 Å². The monoisotopic (exact) mass is 246 g/mol. The van der Waals surface area contributed by atoms with Crippen molar-refractivity contribution in [2.24, 2.45) is 0 Å². The molecule has 1 saturated heterocycles. The summed E-state index contributed by atoms with van der Waals surface area (Å²) >= 11 is 0. The summed E-state index contributed by atoms with van der Waals surface area (Å²) in [7, 11) is 0. The van der Waals surface area contributed by atoms with E-state index in [1.54, 1.807) is 0 Å². The third kappa shape index (κ3) is 3.57. The molecule has 0 aliphatic carbocycles. The van der Waals surface area contributed by atoms with Crippen molar-refractivity contribution in [1.82, 2.24) is 9.80 Å². The van der Waals surface area contributed by atoms with Crippen molar-refractivity contribution in [1.29, 1.82) is 0 Å². The van der Waals surface area contributed by atoms with Crippen molar-refractivity contribution >= 4 is 12.0 Å². The predicted molar refractivity (Wildman–Crippen MR) is 58.7 cm³/mol. The number of ether oxygens (including phenoxy) is 1. The minimum atomic E-state index is -1.06. The molecule has 0 spiro atoms. The number of nitrogens with zero attached hydrogens (tertiary/aromatic N) is 2. The second kappa shape index (κ2) is 6.41. The summed E-state index contributed by atoms with van der Waals surface area (Å²) in [5.74, 6) is -1.06.